The highest BCUT2D eigenvalue weighted by atomic mass is 19.4. The molecule has 1 saturated heterocycles. The summed E-state index contributed by atoms with van der Waals surface area (Å²) in [6, 6.07) is 4.93. The van der Waals surface area contributed by atoms with Gasteiger partial charge in [0, 0.05) is 32.7 Å². The molecule has 1 fully saturated rings. The summed E-state index contributed by atoms with van der Waals surface area (Å²) >= 11 is 0. The minimum absolute atomic E-state index is 0.116. The molecule has 2 rings (SSSR count). The van der Waals surface area contributed by atoms with E-state index < -0.39 is 24.5 Å². The summed E-state index contributed by atoms with van der Waals surface area (Å²) in [6.07, 6.45) is -8.89. The molecule has 0 saturated carbocycles. The summed E-state index contributed by atoms with van der Waals surface area (Å²) in [4.78, 5) is 15.5. The Balaban J connectivity index is 1.71. The first-order chi connectivity index (χ1) is 12.5. The van der Waals surface area contributed by atoms with Crippen LogP contribution in [0.5, 0.6) is 0 Å². The van der Waals surface area contributed by atoms with Gasteiger partial charge in [0.05, 0.1) is 18.6 Å². The van der Waals surface area contributed by atoms with E-state index in [9.17, 15) is 31.1 Å². The maximum atomic E-state index is 12.6. The van der Waals surface area contributed by atoms with E-state index in [1.165, 1.54) is 12.1 Å². The number of amides is 1. The fourth-order valence-electron chi connectivity index (χ4n) is 2.72. The molecule has 4 nitrogen and oxygen atoms in total. The Morgan fingerprint density at radius 2 is 1.56 bits per heavy atom. The van der Waals surface area contributed by atoms with Gasteiger partial charge in [0.1, 0.15) is 6.61 Å². The number of rotatable bonds is 6. The molecule has 0 spiro atoms. The van der Waals surface area contributed by atoms with Crippen LogP contribution in [0.4, 0.5) is 26.3 Å². The maximum absolute atomic E-state index is 12.6. The first kappa shape index (κ1) is 21.5. The molecule has 0 aliphatic carbocycles. The van der Waals surface area contributed by atoms with Crippen LogP contribution in [-0.2, 0) is 22.3 Å². The van der Waals surface area contributed by atoms with Crippen molar-refractivity contribution < 1.29 is 35.9 Å². The van der Waals surface area contributed by atoms with E-state index in [4.69, 9.17) is 0 Å². The number of halogens is 6. The molecule has 0 radical (unpaired) electrons. The van der Waals surface area contributed by atoms with E-state index in [1.54, 1.807) is 4.90 Å². The predicted octanol–water partition coefficient (Wildman–Crippen LogP) is 3.32. The van der Waals surface area contributed by atoms with Crippen molar-refractivity contribution in [2.75, 3.05) is 39.4 Å². The van der Waals surface area contributed by atoms with Crippen LogP contribution in [0.1, 0.15) is 17.5 Å². The van der Waals surface area contributed by atoms with E-state index in [1.807, 2.05) is 4.90 Å². The quantitative estimate of drug-likeness (QED) is 0.545. The molecule has 1 aromatic carbocycles. The fraction of sp³-hybridized carbons (Fsp3) is 0.588. The van der Waals surface area contributed by atoms with Crippen molar-refractivity contribution >= 4 is 5.91 Å². The van der Waals surface area contributed by atoms with Crippen molar-refractivity contribution in [3.63, 3.8) is 0 Å². The fourth-order valence-corrected chi connectivity index (χ4v) is 2.72. The Hall–Kier alpha value is -1.81. The van der Waals surface area contributed by atoms with Gasteiger partial charge in [-0.05, 0) is 17.7 Å². The highest BCUT2D eigenvalue weighted by Crippen LogP contribution is 2.29. The molecule has 10 heteroatoms. The average Bonchev–Trinajstić information content (AvgIpc) is 2.58. The van der Waals surface area contributed by atoms with E-state index in [0.29, 0.717) is 32.7 Å². The van der Waals surface area contributed by atoms with Crippen LogP contribution in [0.25, 0.3) is 0 Å². The standard InChI is InChI=1S/C17H20F6N2O2/c18-16(19,20)12-27-10-5-15(26)25-8-6-24(7-9-25)11-13-1-3-14(4-2-13)17(21,22)23/h1-4H,5-12H2. The summed E-state index contributed by atoms with van der Waals surface area (Å²) in [6.45, 7) is 0.712. The van der Waals surface area contributed by atoms with Crippen molar-refractivity contribution in [1.29, 1.82) is 0 Å². The third kappa shape index (κ3) is 7.37. The zero-order chi connectivity index (χ0) is 20.1. The van der Waals surface area contributed by atoms with Crippen LogP contribution in [0.3, 0.4) is 0 Å². The van der Waals surface area contributed by atoms with E-state index in [-0.39, 0.29) is 18.9 Å². The maximum Gasteiger partial charge on any atom is 0.416 e. The number of alkyl halides is 6. The van der Waals surface area contributed by atoms with E-state index >= 15 is 0 Å². The summed E-state index contributed by atoms with van der Waals surface area (Å²) in [5.74, 6) is -0.272. The summed E-state index contributed by atoms with van der Waals surface area (Å²) < 4.78 is 78.0. The summed E-state index contributed by atoms with van der Waals surface area (Å²) in [7, 11) is 0. The second-order valence-electron chi connectivity index (χ2n) is 6.27. The van der Waals surface area contributed by atoms with Crippen LogP contribution in [0.15, 0.2) is 24.3 Å². The molecule has 0 unspecified atom stereocenters. The van der Waals surface area contributed by atoms with Gasteiger partial charge in [-0.25, -0.2) is 0 Å². The Morgan fingerprint density at radius 3 is 2.07 bits per heavy atom. The molecule has 27 heavy (non-hydrogen) atoms. The Kier molecular flexibility index (Phi) is 7.10. The molecular weight excluding hydrogens is 378 g/mol. The highest BCUT2D eigenvalue weighted by Gasteiger charge is 2.30. The molecule has 1 aliphatic heterocycles. The lowest BCUT2D eigenvalue weighted by molar-refractivity contribution is -0.175. The molecule has 0 bridgehead atoms. The molecule has 1 aliphatic rings. The largest absolute Gasteiger partial charge is 0.416 e. The van der Waals surface area contributed by atoms with Gasteiger partial charge in [0.2, 0.25) is 5.91 Å². The van der Waals surface area contributed by atoms with E-state index in [0.717, 1.165) is 17.7 Å². The van der Waals surface area contributed by atoms with Gasteiger partial charge in [-0.3, -0.25) is 9.69 Å². The van der Waals surface area contributed by atoms with E-state index in [2.05, 4.69) is 4.74 Å². The third-order valence-corrected chi connectivity index (χ3v) is 4.14. The lowest BCUT2D eigenvalue weighted by atomic mass is 10.1. The summed E-state index contributed by atoms with van der Waals surface area (Å²) in [5.41, 5.74) is 0.0396. The molecule has 0 aromatic heterocycles. The van der Waals surface area contributed by atoms with Crippen LogP contribution in [0, 0.1) is 0 Å². The van der Waals surface area contributed by atoms with Crippen LogP contribution >= 0.6 is 0 Å². The molecule has 152 valence electrons. The highest BCUT2D eigenvalue weighted by molar-refractivity contribution is 5.76. The van der Waals surface area contributed by atoms with Crippen molar-refractivity contribution in [2.45, 2.75) is 25.3 Å². The second-order valence-corrected chi connectivity index (χ2v) is 6.27. The van der Waals surface area contributed by atoms with Gasteiger partial charge in [-0.2, -0.15) is 26.3 Å². The zero-order valence-corrected chi connectivity index (χ0v) is 14.4. The minimum atomic E-state index is -4.41. The lowest BCUT2D eigenvalue weighted by Gasteiger charge is -2.34. The van der Waals surface area contributed by atoms with Gasteiger partial charge < -0.3 is 9.64 Å². The molecule has 0 atom stereocenters. The minimum Gasteiger partial charge on any atom is -0.372 e. The van der Waals surface area contributed by atoms with Gasteiger partial charge in [0.25, 0.3) is 0 Å². The Morgan fingerprint density at radius 1 is 0.963 bits per heavy atom. The number of nitrogens with zero attached hydrogens (tertiary/aromatic N) is 2. The van der Waals surface area contributed by atoms with Crippen molar-refractivity contribution in [3.8, 4) is 0 Å². The second kappa shape index (κ2) is 8.92. The van der Waals surface area contributed by atoms with Crippen molar-refractivity contribution in [3.05, 3.63) is 35.4 Å². The lowest BCUT2D eigenvalue weighted by Crippen LogP contribution is -2.48. The number of ether oxygens (including phenoxy) is 1. The van der Waals surface area contributed by atoms with Gasteiger partial charge in [-0.15, -0.1) is 0 Å². The van der Waals surface area contributed by atoms with Crippen LogP contribution < -0.4 is 0 Å². The van der Waals surface area contributed by atoms with Crippen LogP contribution in [0.2, 0.25) is 0 Å². The van der Waals surface area contributed by atoms with Crippen molar-refractivity contribution in [2.24, 2.45) is 0 Å². The SMILES string of the molecule is O=C(CCOCC(F)(F)F)N1CCN(Cc2ccc(C(F)(F)F)cc2)CC1. The number of hydrogen-bond donors (Lipinski definition) is 0. The number of carbonyl (C=O) groups is 1. The number of piperazine rings is 1. The van der Waals surface area contributed by atoms with Gasteiger partial charge in [0.15, 0.2) is 0 Å². The normalized spacial score (nSPS) is 16.6. The topological polar surface area (TPSA) is 32.8 Å². The molecule has 1 amide bonds. The van der Waals surface area contributed by atoms with Gasteiger partial charge >= 0.3 is 12.4 Å². The van der Waals surface area contributed by atoms with Gasteiger partial charge in [-0.1, -0.05) is 12.1 Å². The monoisotopic (exact) mass is 398 g/mol. The first-order valence-electron chi connectivity index (χ1n) is 8.35. The van der Waals surface area contributed by atoms with Crippen LogP contribution in [-0.4, -0.2) is 61.3 Å². The molecule has 0 N–H and O–H groups in total. The molecule has 1 heterocycles. The average molecular weight is 398 g/mol. The smallest absolute Gasteiger partial charge is 0.372 e. The number of benzene rings is 1. The number of hydrogen-bond acceptors (Lipinski definition) is 3. The Bertz CT molecular complexity index is 607. The number of carbonyl (C=O) groups excluding carboxylic acids is 1. The zero-order valence-electron chi connectivity index (χ0n) is 14.4. The summed E-state index contributed by atoms with van der Waals surface area (Å²) in [5, 5.41) is 0. The molecule has 1 aromatic rings. The van der Waals surface area contributed by atoms with Crippen molar-refractivity contribution in [1.82, 2.24) is 9.80 Å². The Labute approximate surface area is 152 Å². The third-order valence-electron chi connectivity index (χ3n) is 4.14. The molecular formula is C17H20F6N2O2. The predicted molar refractivity (Wildman–Crippen MR) is 84.8 cm³/mol. The first-order valence-corrected chi connectivity index (χ1v) is 8.35.